The van der Waals surface area contributed by atoms with Crippen LogP contribution in [0.2, 0.25) is 0 Å². The average Bonchev–Trinajstić information content (AvgIpc) is 3.28. The van der Waals surface area contributed by atoms with Crippen LogP contribution in [0.25, 0.3) is 75.8 Å². The molecule has 0 aliphatic rings. The highest BCUT2D eigenvalue weighted by atomic mass is 16.5. The van der Waals surface area contributed by atoms with Crippen molar-refractivity contribution >= 4 is 76.6 Å². The topological polar surface area (TPSA) is 52.6 Å². The van der Waals surface area contributed by atoms with Gasteiger partial charge in [0, 0.05) is 21.5 Å². The van der Waals surface area contributed by atoms with Gasteiger partial charge in [0.1, 0.15) is 11.5 Å². The lowest BCUT2D eigenvalue weighted by Gasteiger charge is -2.22. The second-order valence-corrected chi connectivity index (χ2v) is 14.9. The van der Waals surface area contributed by atoms with Gasteiger partial charge in [0.05, 0.1) is 11.1 Å². The van der Waals surface area contributed by atoms with Crippen molar-refractivity contribution in [2.24, 2.45) is 0 Å². The summed E-state index contributed by atoms with van der Waals surface area (Å²) in [6.07, 6.45) is 1.67. The van der Waals surface area contributed by atoms with Crippen LogP contribution >= 0.6 is 0 Å². The highest BCUT2D eigenvalue weighted by Gasteiger charge is 2.25. The van der Waals surface area contributed by atoms with E-state index in [1.54, 1.807) is 0 Å². The van der Waals surface area contributed by atoms with E-state index < -0.39 is 11.9 Å². The summed E-state index contributed by atoms with van der Waals surface area (Å²) in [5.41, 5.74) is 5.38. The number of hydrogen-bond acceptors (Lipinski definition) is 4. The molecule has 278 valence electrons. The van der Waals surface area contributed by atoms with Crippen LogP contribution in [0, 0.1) is 0 Å². The van der Waals surface area contributed by atoms with Gasteiger partial charge in [0.2, 0.25) is 0 Å². The van der Waals surface area contributed by atoms with Gasteiger partial charge < -0.3 is 9.47 Å². The molecular formula is C54H38O4. The molecule has 0 saturated carbocycles. The third-order valence-electron chi connectivity index (χ3n) is 11.5. The zero-order chi connectivity index (χ0) is 39.3. The van der Waals surface area contributed by atoms with Crippen molar-refractivity contribution in [1.82, 2.24) is 0 Å². The van der Waals surface area contributed by atoms with Gasteiger partial charge in [-0.2, -0.15) is 0 Å². The molecule has 10 aromatic carbocycles. The first-order chi connectivity index (χ1) is 28.5. The Morgan fingerprint density at radius 1 is 0.362 bits per heavy atom. The monoisotopic (exact) mass is 750 g/mol. The summed E-state index contributed by atoms with van der Waals surface area (Å²) in [6, 6.07) is 56.7. The summed E-state index contributed by atoms with van der Waals surface area (Å²) in [5, 5.41) is 11.3. The van der Waals surface area contributed by atoms with Crippen LogP contribution in [0.1, 0.15) is 45.7 Å². The Bertz CT molecular complexity index is 3080. The molecule has 4 heteroatoms. The van der Waals surface area contributed by atoms with E-state index in [1.807, 2.05) is 121 Å². The molecule has 0 fully saturated rings. The van der Waals surface area contributed by atoms with Gasteiger partial charge in [-0.05, 0) is 102 Å². The Morgan fingerprint density at radius 2 is 0.724 bits per heavy atom. The van der Waals surface area contributed by atoms with Crippen molar-refractivity contribution in [2.45, 2.75) is 26.7 Å². The lowest BCUT2D eigenvalue weighted by Crippen LogP contribution is -2.10. The molecular weight excluding hydrogens is 713 g/mol. The van der Waals surface area contributed by atoms with Crippen LogP contribution in [0.5, 0.6) is 11.5 Å². The zero-order valence-corrected chi connectivity index (χ0v) is 32.2. The molecule has 0 saturated heterocycles. The molecule has 0 radical (unpaired) electrons. The van der Waals surface area contributed by atoms with Crippen LogP contribution in [0.15, 0.2) is 170 Å². The molecule has 0 spiro atoms. The molecule has 0 aliphatic carbocycles. The summed E-state index contributed by atoms with van der Waals surface area (Å²) in [4.78, 5) is 28.1. The van der Waals surface area contributed by atoms with E-state index in [4.69, 9.17) is 9.47 Å². The zero-order valence-electron chi connectivity index (χ0n) is 32.2. The lowest BCUT2D eigenvalue weighted by atomic mass is 9.84. The van der Waals surface area contributed by atoms with Gasteiger partial charge in [0.25, 0.3) is 0 Å². The largest absolute Gasteiger partial charge is 0.422 e. The summed E-state index contributed by atoms with van der Waals surface area (Å²) >= 11 is 0. The van der Waals surface area contributed by atoms with E-state index in [0.29, 0.717) is 22.6 Å². The second kappa shape index (κ2) is 14.3. The molecule has 0 atom stereocenters. The molecule has 0 unspecified atom stereocenters. The Kier molecular flexibility index (Phi) is 8.68. The van der Waals surface area contributed by atoms with Gasteiger partial charge in [-0.25, -0.2) is 9.59 Å². The van der Waals surface area contributed by atoms with Crippen LogP contribution in [-0.4, -0.2) is 11.9 Å². The first-order valence-electron chi connectivity index (χ1n) is 19.9. The van der Waals surface area contributed by atoms with E-state index in [-0.39, 0.29) is 0 Å². The van der Waals surface area contributed by atoms with E-state index in [0.717, 1.165) is 88.6 Å². The van der Waals surface area contributed by atoms with Crippen LogP contribution in [-0.2, 0) is 12.8 Å². The molecule has 0 N–H and O–H groups in total. The fraction of sp³-hybridized carbons (Fsp3) is 0.0741. The maximum atomic E-state index is 14.1. The number of benzene rings is 10. The van der Waals surface area contributed by atoms with Crippen molar-refractivity contribution in [1.29, 1.82) is 0 Å². The van der Waals surface area contributed by atoms with E-state index in [2.05, 4.69) is 62.4 Å². The number of carbonyl (C=O) groups is 2. The number of esters is 2. The molecule has 0 bridgehead atoms. The van der Waals surface area contributed by atoms with Gasteiger partial charge in [-0.3, -0.25) is 0 Å². The Morgan fingerprint density at radius 3 is 1.14 bits per heavy atom. The number of hydrogen-bond donors (Lipinski definition) is 0. The van der Waals surface area contributed by atoms with Crippen molar-refractivity contribution in [3.63, 3.8) is 0 Å². The summed E-state index contributed by atoms with van der Waals surface area (Å²) < 4.78 is 13.0. The number of ether oxygens (including phenoxy) is 2. The Labute approximate surface area is 335 Å². The summed E-state index contributed by atoms with van der Waals surface area (Å²) in [6.45, 7) is 4.30. The fourth-order valence-electron chi connectivity index (χ4n) is 8.51. The van der Waals surface area contributed by atoms with Gasteiger partial charge in [-0.15, -0.1) is 0 Å². The number of rotatable bonds is 7. The Hall–Kier alpha value is -7.30. The van der Waals surface area contributed by atoms with Crippen LogP contribution in [0.4, 0.5) is 0 Å². The quantitative estimate of drug-likeness (QED) is 0.0925. The minimum atomic E-state index is -0.411. The van der Waals surface area contributed by atoms with E-state index in [9.17, 15) is 9.59 Å². The van der Waals surface area contributed by atoms with E-state index >= 15 is 0 Å². The maximum absolute atomic E-state index is 14.1. The van der Waals surface area contributed by atoms with Gasteiger partial charge in [0.15, 0.2) is 0 Å². The van der Waals surface area contributed by atoms with Crippen molar-refractivity contribution < 1.29 is 19.1 Å². The number of aryl methyl sites for hydroxylation is 2. The standard InChI is InChI=1S/C54H38O4/c1-3-33-21-27-45-47(29-33)49(41-17-9-11-19-43(41)51(45)57-53(55)39-25-23-35-13-5-7-15-37(35)31-39)50-42-18-10-12-20-44(42)52(46-28-22-34(4-2)30-48(46)50)58-54(56)40-26-24-36-14-6-8-16-38(36)32-40/h5-32H,3-4H2,1-2H3. The molecule has 10 rings (SSSR count). The molecule has 0 aliphatic heterocycles. The van der Waals surface area contributed by atoms with Crippen LogP contribution < -0.4 is 9.47 Å². The van der Waals surface area contributed by atoms with Crippen LogP contribution in [0.3, 0.4) is 0 Å². The van der Waals surface area contributed by atoms with Gasteiger partial charge >= 0.3 is 11.9 Å². The van der Waals surface area contributed by atoms with E-state index in [1.165, 1.54) is 11.1 Å². The lowest BCUT2D eigenvalue weighted by molar-refractivity contribution is 0.0730. The highest BCUT2D eigenvalue weighted by molar-refractivity contribution is 6.27. The predicted octanol–water partition coefficient (Wildman–Crippen LogP) is 13.8. The summed E-state index contributed by atoms with van der Waals surface area (Å²) in [7, 11) is 0. The van der Waals surface area contributed by atoms with Crippen molar-refractivity contribution in [3.8, 4) is 22.6 Å². The molecule has 58 heavy (non-hydrogen) atoms. The molecule has 0 heterocycles. The minimum absolute atomic E-state index is 0.411. The number of carbonyl (C=O) groups excluding carboxylic acids is 2. The molecule has 0 aromatic heterocycles. The predicted molar refractivity (Wildman–Crippen MR) is 238 cm³/mol. The van der Waals surface area contributed by atoms with Crippen molar-refractivity contribution in [2.75, 3.05) is 0 Å². The first kappa shape index (κ1) is 35.1. The third-order valence-corrected chi connectivity index (χ3v) is 11.5. The second-order valence-electron chi connectivity index (χ2n) is 14.9. The molecule has 4 nitrogen and oxygen atoms in total. The highest BCUT2D eigenvalue weighted by Crippen LogP contribution is 2.50. The summed E-state index contributed by atoms with van der Waals surface area (Å²) in [5.74, 6) is 0.231. The Balaban J connectivity index is 1.22. The third kappa shape index (κ3) is 5.93. The average molecular weight is 751 g/mol. The minimum Gasteiger partial charge on any atom is -0.422 e. The fourth-order valence-corrected chi connectivity index (χ4v) is 8.51. The normalized spacial score (nSPS) is 11.6. The maximum Gasteiger partial charge on any atom is 0.343 e. The number of fused-ring (bicyclic) bond motifs is 6. The van der Waals surface area contributed by atoms with Gasteiger partial charge in [-0.1, -0.05) is 159 Å². The SMILES string of the molecule is CCc1ccc2c(OC(=O)c3ccc4ccccc4c3)c3ccccc3c(-c3c4ccccc4c(OC(=O)c4ccc5ccccc5c4)c4ccc(CC)cc34)c2c1. The molecule has 10 aromatic rings. The molecule has 0 amide bonds. The smallest absolute Gasteiger partial charge is 0.343 e. The first-order valence-corrected chi connectivity index (χ1v) is 19.9. The van der Waals surface area contributed by atoms with Crippen molar-refractivity contribution in [3.05, 3.63) is 192 Å².